The molecular formula is C10H11NO3. The van der Waals surface area contributed by atoms with Crippen molar-refractivity contribution in [1.82, 2.24) is 5.32 Å². The highest BCUT2D eigenvalue weighted by Crippen LogP contribution is 2.25. The van der Waals surface area contributed by atoms with Crippen molar-refractivity contribution in [3.05, 3.63) is 32.1 Å². The smallest absolute Gasteiger partial charge is 0.268 e. The van der Waals surface area contributed by atoms with E-state index in [1.807, 2.05) is 13.0 Å². The maximum Gasteiger partial charge on any atom is 0.268 e. The summed E-state index contributed by atoms with van der Waals surface area (Å²) < 4.78 is 0. The molecule has 4 heteroatoms. The second-order valence-corrected chi connectivity index (χ2v) is 3.62. The van der Waals surface area contributed by atoms with Crippen LogP contribution in [0, 0.1) is 0 Å². The van der Waals surface area contributed by atoms with Gasteiger partial charge in [0.05, 0.1) is 5.56 Å². The van der Waals surface area contributed by atoms with Crippen molar-refractivity contribution in [2.75, 3.05) is 6.54 Å². The normalized spacial score (nSPS) is 22.4. The van der Waals surface area contributed by atoms with Crippen molar-refractivity contribution >= 4 is 5.57 Å². The van der Waals surface area contributed by atoms with Gasteiger partial charge in [-0.1, -0.05) is 6.08 Å². The molecule has 1 aliphatic heterocycles. The first-order valence-electron chi connectivity index (χ1n) is 4.56. The van der Waals surface area contributed by atoms with Gasteiger partial charge in [0.1, 0.15) is 0 Å². The molecule has 0 aliphatic carbocycles. The second-order valence-electron chi connectivity index (χ2n) is 3.62. The monoisotopic (exact) mass is 193 g/mol. The van der Waals surface area contributed by atoms with Crippen LogP contribution in [0.3, 0.4) is 0 Å². The molecule has 14 heavy (non-hydrogen) atoms. The summed E-state index contributed by atoms with van der Waals surface area (Å²) in [6.45, 7) is 2.67. The van der Waals surface area contributed by atoms with Crippen LogP contribution in [0.2, 0.25) is 0 Å². The number of hydrogen-bond acceptors (Lipinski definition) is 4. The fourth-order valence-electron chi connectivity index (χ4n) is 1.75. The molecular weight excluding hydrogens is 182 g/mol. The zero-order chi connectivity index (χ0) is 10.3. The summed E-state index contributed by atoms with van der Waals surface area (Å²) in [7, 11) is 0. The minimum absolute atomic E-state index is 0.225. The molecule has 1 aromatic carbocycles. The van der Waals surface area contributed by atoms with Gasteiger partial charge in [-0.15, -0.1) is 0 Å². The lowest BCUT2D eigenvalue weighted by Crippen LogP contribution is -2.37. The molecule has 1 atom stereocenters. The van der Waals surface area contributed by atoms with E-state index < -0.39 is 10.9 Å². The van der Waals surface area contributed by atoms with E-state index in [2.05, 4.69) is 5.32 Å². The quantitative estimate of drug-likeness (QED) is 0.604. The predicted octanol–water partition coefficient (Wildman–Crippen LogP) is -0.247. The Labute approximate surface area is 80.6 Å². The zero-order valence-corrected chi connectivity index (χ0v) is 7.83. The average Bonchev–Trinajstić information content (AvgIpc) is 2.18. The molecule has 0 bridgehead atoms. The SMILES string of the molecule is CC1CC(c2c(O)c(=O)c2=O)=CCN1. The van der Waals surface area contributed by atoms with Crippen molar-refractivity contribution in [3.8, 4) is 5.75 Å². The molecule has 0 spiro atoms. The largest absolute Gasteiger partial charge is 0.504 e. The van der Waals surface area contributed by atoms with Crippen molar-refractivity contribution in [2.24, 2.45) is 0 Å². The molecule has 0 amide bonds. The van der Waals surface area contributed by atoms with E-state index in [1.165, 1.54) is 0 Å². The lowest BCUT2D eigenvalue weighted by molar-refractivity contribution is 0.459. The maximum absolute atomic E-state index is 11.1. The molecule has 1 unspecified atom stereocenters. The Balaban J connectivity index is 2.38. The van der Waals surface area contributed by atoms with Crippen LogP contribution >= 0.6 is 0 Å². The van der Waals surface area contributed by atoms with Gasteiger partial charge in [0.25, 0.3) is 5.43 Å². The van der Waals surface area contributed by atoms with Gasteiger partial charge in [-0.25, -0.2) is 0 Å². The summed E-state index contributed by atoms with van der Waals surface area (Å²) in [5.41, 5.74) is -0.295. The Morgan fingerprint density at radius 3 is 2.71 bits per heavy atom. The average molecular weight is 193 g/mol. The van der Waals surface area contributed by atoms with Gasteiger partial charge < -0.3 is 10.4 Å². The number of rotatable bonds is 1. The lowest BCUT2D eigenvalue weighted by atomic mass is 9.92. The lowest BCUT2D eigenvalue weighted by Gasteiger charge is -2.21. The highest BCUT2D eigenvalue weighted by molar-refractivity contribution is 5.73. The van der Waals surface area contributed by atoms with E-state index in [0.29, 0.717) is 13.0 Å². The highest BCUT2D eigenvalue weighted by Gasteiger charge is 2.25. The molecule has 2 rings (SSSR count). The van der Waals surface area contributed by atoms with Crippen LogP contribution in [-0.4, -0.2) is 17.7 Å². The Morgan fingerprint density at radius 1 is 1.43 bits per heavy atom. The summed E-state index contributed by atoms with van der Waals surface area (Å²) in [5, 5.41) is 12.4. The molecule has 0 aromatic heterocycles. The summed E-state index contributed by atoms with van der Waals surface area (Å²) in [6.07, 6.45) is 2.52. The van der Waals surface area contributed by atoms with E-state index in [-0.39, 0.29) is 17.4 Å². The molecule has 74 valence electrons. The molecule has 0 fully saturated rings. The minimum atomic E-state index is -0.757. The van der Waals surface area contributed by atoms with Crippen molar-refractivity contribution < 1.29 is 5.11 Å². The van der Waals surface area contributed by atoms with Gasteiger partial charge in [0.15, 0.2) is 5.75 Å². The van der Waals surface area contributed by atoms with Gasteiger partial charge >= 0.3 is 0 Å². The summed E-state index contributed by atoms with van der Waals surface area (Å²) in [4.78, 5) is 21.9. The number of nitrogens with one attached hydrogen (secondary N) is 1. The number of hydrogen-bond donors (Lipinski definition) is 2. The van der Waals surface area contributed by atoms with E-state index in [0.717, 1.165) is 5.57 Å². The van der Waals surface area contributed by atoms with Crippen LogP contribution in [0.5, 0.6) is 5.75 Å². The molecule has 0 saturated heterocycles. The molecule has 2 N–H and O–H groups in total. The van der Waals surface area contributed by atoms with E-state index in [1.54, 1.807) is 0 Å². The van der Waals surface area contributed by atoms with Crippen molar-refractivity contribution in [3.63, 3.8) is 0 Å². The van der Waals surface area contributed by atoms with Crippen LogP contribution < -0.4 is 16.2 Å². The van der Waals surface area contributed by atoms with Crippen LogP contribution in [0.4, 0.5) is 0 Å². The standard InChI is InChI=1S/C10H11NO3/c1-5-4-6(2-3-11-5)7-8(12)10(14)9(7)13/h2,5,11-12H,3-4H2,1H3. The minimum Gasteiger partial charge on any atom is -0.504 e. The van der Waals surface area contributed by atoms with E-state index >= 15 is 0 Å². The summed E-state index contributed by atoms with van der Waals surface area (Å²) >= 11 is 0. The third-order valence-electron chi connectivity index (χ3n) is 2.55. The Hall–Kier alpha value is -1.42. The maximum atomic E-state index is 11.1. The van der Waals surface area contributed by atoms with Gasteiger partial charge in [-0.3, -0.25) is 9.59 Å². The summed E-state index contributed by atoms with van der Waals surface area (Å²) in [6, 6.07) is 0.277. The van der Waals surface area contributed by atoms with Crippen LogP contribution in [0.1, 0.15) is 18.9 Å². The van der Waals surface area contributed by atoms with Crippen molar-refractivity contribution in [1.29, 1.82) is 0 Å². The molecule has 4 nitrogen and oxygen atoms in total. The highest BCUT2D eigenvalue weighted by atomic mass is 16.3. The Bertz CT molecular complexity index is 466. The van der Waals surface area contributed by atoms with E-state index in [9.17, 15) is 14.7 Å². The topological polar surface area (TPSA) is 66.4 Å². The Morgan fingerprint density at radius 2 is 2.14 bits per heavy atom. The molecule has 1 heterocycles. The van der Waals surface area contributed by atoms with Crippen LogP contribution in [0.15, 0.2) is 15.7 Å². The predicted molar refractivity (Wildman–Crippen MR) is 53.1 cm³/mol. The summed E-state index contributed by atoms with van der Waals surface area (Å²) in [5.74, 6) is -0.365. The van der Waals surface area contributed by atoms with Crippen LogP contribution in [0.25, 0.3) is 5.57 Å². The van der Waals surface area contributed by atoms with Gasteiger partial charge in [0, 0.05) is 12.6 Å². The first-order valence-corrected chi connectivity index (χ1v) is 4.56. The first kappa shape index (κ1) is 9.15. The van der Waals surface area contributed by atoms with Gasteiger partial charge in [-0.2, -0.15) is 0 Å². The van der Waals surface area contributed by atoms with Crippen molar-refractivity contribution in [2.45, 2.75) is 19.4 Å². The fraction of sp³-hybridized carbons (Fsp3) is 0.400. The molecule has 0 radical (unpaired) electrons. The van der Waals surface area contributed by atoms with Gasteiger partial charge in [-0.05, 0) is 18.9 Å². The Kier molecular flexibility index (Phi) is 2.00. The molecule has 1 aromatic rings. The van der Waals surface area contributed by atoms with Gasteiger partial charge in [0.2, 0.25) is 5.43 Å². The number of aromatic hydroxyl groups is 1. The van der Waals surface area contributed by atoms with E-state index in [4.69, 9.17) is 0 Å². The zero-order valence-electron chi connectivity index (χ0n) is 7.83. The first-order chi connectivity index (χ1) is 6.61. The molecule has 1 aliphatic rings. The third kappa shape index (κ3) is 1.19. The second kappa shape index (κ2) is 3.06. The fourth-order valence-corrected chi connectivity index (χ4v) is 1.75. The molecule has 0 saturated carbocycles. The van der Waals surface area contributed by atoms with Crippen LogP contribution in [-0.2, 0) is 0 Å². The third-order valence-corrected chi connectivity index (χ3v) is 2.55.